The van der Waals surface area contributed by atoms with Gasteiger partial charge in [-0.05, 0) is 60.4 Å². The summed E-state index contributed by atoms with van der Waals surface area (Å²) >= 11 is 0. The van der Waals surface area contributed by atoms with Crippen molar-refractivity contribution in [3.8, 4) is 0 Å². The van der Waals surface area contributed by atoms with Crippen LogP contribution in [0.3, 0.4) is 0 Å². The molecule has 0 amide bonds. The third-order valence-electron chi connectivity index (χ3n) is 5.43. The Bertz CT molecular complexity index is 354. The van der Waals surface area contributed by atoms with E-state index in [2.05, 4.69) is 108 Å². The van der Waals surface area contributed by atoms with Gasteiger partial charge in [0.25, 0.3) is 0 Å². The first-order valence-corrected chi connectivity index (χ1v) is 20.4. The van der Waals surface area contributed by atoms with Crippen LogP contribution < -0.4 is 4.65 Å². The fourth-order valence-corrected chi connectivity index (χ4v) is 24.6. The van der Waals surface area contributed by atoms with Crippen LogP contribution in [0.15, 0.2) is 0 Å². The van der Waals surface area contributed by atoms with Crippen molar-refractivity contribution in [3.05, 3.63) is 0 Å². The van der Waals surface area contributed by atoms with Gasteiger partial charge in [0.15, 0.2) is 25.2 Å². The van der Waals surface area contributed by atoms with Gasteiger partial charge in [-0.25, -0.2) is 0 Å². The van der Waals surface area contributed by atoms with Gasteiger partial charge in [-0.2, -0.15) is 0 Å². The van der Waals surface area contributed by atoms with E-state index in [1.807, 2.05) is 0 Å². The van der Waals surface area contributed by atoms with Gasteiger partial charge in [0.1, 0.15) is 18.6 Å². The second-order valence-corrected chi connectivity index (χ2v) is 28.3. The van der Waals surface area contributed by atoms with Crippen molar-refractivity contribution in [2.75, 3.05) is 21.1 Å². The molecule has 0 aromatic rings. The molecule has 3 radical (unpaired) electrons. The SMILES string of the molecule is CN([Si](C)(C)C)[Si](C)(C)N(C)[Si](C)(C)N(C)[Si](C)(C)N[Si]. The summed E-state index contributed by atoms with van der Waals surface area (Å²) in [5.74, 6) is 0. The van der Waals surface area contributed by atoms with Crippen molar-refractivity contribution in [3.63, 3.8) is 0 Å². The summed E-state index contributed by atoms with van der Waals surface area (Å²) in [4.78, 5) is 0. The Kier molecular flexibility index (Phi) is 7.11. The molecule has 0 saturated heterocycles. The lowest BCUT2D eigenvalue weighted by molar-refractivity contribution is 0.563. The minimum absolute atomic E-state index is 1.28. The zero-order valence-corrected chi connectivity index (χ0v) is 21.3. The van der Waals surface area contributed by atoms with E-state index in [-0.39, 0.29) is 0 Å². The Hall–Kier alpha value is 0.924. The van der Waals surface area contributed by atoms with Gasteiger partial charge < -0.3 is 17.3 Å². The lowest BCUT2D eigenvalue weighted by Gasteiger charge is -2.56. The largest absolute Gasteiger partial charge is 0.351 e. The molecule has 0 heterocycles. The first-order valence-electron chi connectivity index (χ1n) is 7.68. The number of hydrogen-bond acceptors (Lipinski definition) is 4. The number of rotatable bonds is 7. The molecule has 0 unspecified atom stereocenters. The van der Waals surface area contributed by atoms with E-state index >= 15 is 0 Å². The minimum atomic E-state index is -1.67. The molecule has 125 valence electrons. The van der Waals surface area contributed by atoms with Gasteiger partial charge in [-0.15, -0.1) is 0 Å². The van der Waals surface area contributed by atoms with Gasteiger partial charge in [0, 0.05) is 0 Å². The molecule has 0 aromatic heterocycles. The summed E-state index contributed by atoms with van der Waals surface area (Å²) in [6, 6.07) is 0. The van der Waals surface area contributed by atoms with Gasteiger partial charge >= 0.3 is 0 Å². The van der Waals surface area contributed by atoms with E-state index in [1.165, 1.54) is 0 Å². The smallest absolute Gasteiger partial charge is 0.188 e. The highest BCUT2D eigenvalue weighted by Crippen LogP contribution is 2.27. The number of hydrogen-bond donors (Lipinski definition) is 1. The maximum absolute atomic E-state index is 3.56. The number of nitrogens with zero attached hydrogens (tertiary/aromatic N) is 3. The molecule has 0 spiro atoms. The molecule has 21 heavy (non-hydrogen) atoms. The zero-order valence-electron chi connectivity index (χ0n) is 16.3. The molecular weight excluding hydrogens is 341 g/mol. The van der Waals surface area contributed by atoms with Crippen LogP contribution in [0.5, 0.6) is 0 Å². The summed E-state index contributed by atoms with van der Waals surface area (Å²) in [6.45, 7) is 22.0. The molecule has 0 aliphatic rings. The standard InChI is InChI=1S/C12H37N4Si5/c1-14(18(4,5)6)20(9,10)16(3)21(11,12)15(2)19(7,8)13-17/h13H,1-12H3. The van der Waals surface area contributed by atoms with Crippen molar-refractivity contribution in [1.29, 1.82) is 0 Å². The van der Waals surface area contributed by atoms with Crippen molar-refractivity contribution in [1.82, 2.24) is 17.3 Å². The number of nitrogens with one attached hydrogen (secondary N) is 1. The fraction of sp³-hybridized carbons (Fsp3) is 1.00. The molecule has 9 heteroatoms. The molecule has 0 saturated carbocycles. The van der Waals surface area contributed by atoms with Gasteiger partial charge in [-0.3, -0.25) is 0 Å². The highest BCUT2D eigenvalue weighted by atomic mass is 28.5. The topological polar surface area (TPSA) is 21.8 Å². The molecular formula is C12H37N4Si5. The van der Waals surface area contributed by atoms with Crippen LogP contribution in [0.4, 0.5) is 0 Å². The van der Waals surface area contributed by atoms with Crippen molar-refractivity contribution in [2.24, 2.45) is 0 Å². The average molecular weight is 378 g/mol. The highest BCUT2D eigenvalue weighted by molar-refractivity contribution is 6.98. The first-order chi connectivity index (χ1) is 9.02. The quantitative estimate of drug-likeness (QED) is 0.688. The predicted octanol–water partition coefficient (Wildman–Crippen LogP) is 2.40. The Morgan fingerprint density at radius 1 is 0.619 bits per heavy atom. The lowest BCUT2D eigenvalue weighted by atomic mass is 11.6. The summed E-state index contributed by atoms with van der Waals surface area (Å²) in [6.07, 6.45) is 0. The Morgan fingerprint density at radius 3 is 1.24 bits per heavy atom. The predicted molar refractivity (Wildman–Crippen MR) is 108 cm³/mol. The summed E-state index contributed by atoms with van der Waals surface area (Å²) < 4.78 is 11.6. The maximum Gasteiger partial charge on any atom is 0.188 e. The second kappa shape index (κ2) is 6.81. The van der Waals surface area contributed by atoms with E-state index < -0.39 is 33.4 Å². The Morgan fingerprint density at radius 2 is 0.952 bits per heavy atom. The zero-order chi connectivity index (χ0) is 17.4. The molecule has 0 fully saturated rings. The third kappa shape index (κ3) is 4.70. The monoisotopic (exact) mass is 377 g/mol. The second-order valence-electron chi connectivity index (χ2n) is 8.52. The fourth-order valence-electron chi connectivity index (χ4n) is 2.71. The summed E-state index contributed by atoms with van der Waals surface area (Å²) in [5.41, 5.74) is 0. The van der Waals surface area contributed by atoms with E-state index in [4.69, 9.17) is 0 Å². The molecule has 1 N–H and O–H groups in total. The van der Waals surface area contributed by atoms with Gasteiger partial charge in [0.05, 0.1) is 0 Å². The normalized spacial score (nSPS) is 15.4. The molecule has 0 aliphatic carbocycles. The average Bonchev–Trinajstić information content (AvgIpc) is 2.34. The molecule has 0 rings (SSSR count). The Labute approximate surface area is 141 Å². The molecule has 4 nitrogen and oxygen atoms in total. The van der Waals surface area contributed by atoms with Crippen molar-refractivity contribution >= 4 is 43.8 Å². The highest BCUT2D eigenvalue weighted by Gasteiger charge is 2.49. The van der Waals surface area contributed by atoms with Crippen molar-refractivity contribution in [2.45, 2.75) is 58.9 Å². The molecule has 0 aliphatic heterocycles. The van der Waals surface area contributed by atoms with Crippen LogP contribution in [0, 0.1) is 0 Å². The summed E-state index contributed by atoms with van der Waals surface area (Å²) in [7, 11) is 4.42. The van der Waals surface area contributed by atoms with Gasteiger partial charge in [0.2, 0.25) is 0 Å². The van der Waals surface area contributed by atoms with E-state index in [9.17, 15) is 0 Å². The van der Waals surface area contributed by atoms with Crippen LogP contribution >= 0.6 is 0 Å². The van der Waals surface area contributed by atoms with Crippen LogP contribution in [-0.4, -0.2) is 77.7 Å². The Balaban J connectivity index is 5.53. The van der Waals surface area contributed by atoms with Crippen LogP contribution in [0.25, 0.3) is 0 Å². The minimum Gasteiger partial charge on any atom is -0.351 e. The van der Waals surface area contributed by atoms with E-state index in [0.29, 0.717) is 0 Å². The van der Waals surface area contributed by atoms with Crippen LogP contribution in [0.1, 0.15) is 0 Å². The van der Waals surface area contributed by atoms with Crippen LogP contribution in [-0.2, 0) is 0 Å². The lowest BCUT2D eigenvalue weighted by Crippen LogP contribution is -2.79. The summed E-state index contributed by atoms with van der Waals surface area (Å²) in [5, 5.41) is 0. The maximum atomic E-state index is 3.56. The molecule has 0 bridgehead atoms. The third-order valence-corrected chi connectivity index (χ3v) is 28.4. The molecule has 0 atom stereocenters. The van der Waals surface area contributed by atoms with E-state index in [0.717, 1.165) is 0 Å². The first kappa shape index (κ1) is 21.9. The van der Waals surface area contributed by atoms with E-state index in [1.54, 1.807) is 0 Å². The van der Waals surface area contributed by atoms with Gasteiger partial charge in [-0.1, -0.05) is 19.6 Å². The van der Waals surface area contributed by atoms with Crippen molar-refractivity contribution < 1.29 is 0 Å². The molecule has 0 aromatic carbocycles. The van der Waals surface area contributed by atoms with Crippen LogP contribution in [0.2, 0.25) is 58.9 Å².